The Bertz CT molecular complexity index is 711. The molecule has 2 aromatic heterocycles. The van der Waals surface area contributed by atoms with Gasteiger partial charge in [0.1, 0.15) is 17.7 Å². The average Bonchev–Trinajstić information content (AvgIpc) is 3.17. The highest BCUT2D eigenvalue weighted by Gasteiger charge is 2.29. The topological polar surface area (TPSA) is 70.2 Å². The van der Waals surface area contributed by atoms with Gasteiger partial charge in [0, 0.05) is 37.8 Å². The number of rotatable bonds is 7. The molecule has 3 heterocycles. The van der Waals surface area contributed by atoms with Crippen molar-refractivity contribution in [3.05, 3.63) is 35.7 Å². The van der Waals surface area contributed by atoms with Crippen LogP contribution < -0.4 is 4.74 Å². The fourth-order valence-corrected chi connectivity index (χ4v) is 3.29. The first-order valence-electron chi connectivity index (χ1n) is 9.05. The highest BCUT2D eigenvalue weighted by Crippen LogP contribution is 2.37. The minimum absolute atomic E-state index is 0.223. The molecule has 0 bridgehead atoms. The maximum Gasteiger partial charge on any atom is 0.153 e. The van der Waals surface area contributed by atoms with Crippen LogP contribution in [-0.4, -0.2) is 63.3 Å². The lowest BCUT2D eigenvalue weighted by molar-refractivity contribution is 0.196. The third-order valence-corrected chi connectivity index (χ3v) is 4.66. The summed E-state index contributed by atoms with van der Waals surface area (Å²) in [5.41, 5.74) is 1.03. The summed E-state index contributed by atoms with van der Waals surface area (Å²) >= 11 is 0. The number of nitrogens with zero attached hydrogens (tertiary/aromatic N) is 5. The number of nitrogens with one attached hydrogen (secondary N) is 1. The van der Waals surface area contributed by atoms with E-state index in [0.717, 1.165) is 55.7 Å². The Kier molecular flexibility index (Phi) is 4.67. The Hall–Kier alpha value is -1.99. The molecule has 1 saturated carbocycles. The second-order valence-corrected chi connectivity index (χ2v) is 7.40. The first kappa shape index (κ1) is 16.5. The van der Waals surface area contributed by atoms with Crippen LogP contribution >= 0.6 is 0 Å². The molecule has 4 rings (SSSR count). The molecule has 0 radical (unpaired) electrons. The van der Waals surface area contributed by atoms with Crippen LogP contribution in [0.1, 0.15) is 42.5 Å². The van der Waals surface area contributed by atoms with Gasteiger partial charge < -0.3 is 9.64 Å². The normalized spacial score (nSPS) is 21.2. The predicted molar refractivity (Wildman–Crippen MR) is 94.3 cm³/mol. The zero-order valence-electron chi connectivity index (χ0n) is 15.0. The molecule has 1 unspecified atom stereocenters. The van der Waals surface area contributed by atoms with Gasteiger partial charge in [-0.25, -0.2) is 4.98 Å². The van der Waals surface area contributed by atoms with Crippen LogP contribution in [0, 0.1) is 0 Å². The molecule has 2 aromatic rings. The molecule has 1 aliphatic carbocycles. The monoisotopic (exact) mass is 342 g/mol. The molecule has 134 valence electrons. The lowest BCUT2D eigenvalue weighted by Crippen LogP contribution is -2.25. The Morgan fingerprint density at radius 2 is 2.20 bits per heavy atom. The minimum atomic E-state index is 0.223. The van der Waals surface area contributed by atoms with Crippen molar-refractivity contribution in [3.63, 3.8) is 0 Å². The SMILES string of the molecule is CN(C)Cc1cc(OC2CCN(Cc3nc(C4CC4)n[nH]3)C2)ccn1. The number of pyridine rings is 1. The Morgan fingerprint density at radius 1 is 1.32 bits per heavy atom. The van der Waals surface area contributed by atoms with E-state index >= 15 is 0 Å². The fraction of sp³-hybridized carbons (Fsp3) is 0.611. The summed E-state index contributed by atoms with van der Waals surface area (Å²) in [6.45, 7) is 3.59. The predicted octanol–water partition coefficient (Wildman–Crippen LogP) is 1.79. The van der Waals surface area contributed by atoms with Gasteiger partial charge in [0.2, 0.25) is 0 Å². The van der Waals surface area contributed by atoms with Crippen molar-refractivity contribution >= 4 is 0 Å². The van der Waals surface area contributed by atoms with E-state index in [4.69, 9.17) is 4.74 Å². The molecular formula is C18H26N6O. The first-order valence-corrected chi connectivity index (χ1v) is 9.05. The van der Waals surface area contributed by atoms with Gasteiger partial charge in [-0.15, -0.1) is 0 Å². The molecule has 0 spiro atoms. The second-order valence-electron chi connectivity index (χ2n) is 7.40. The number of aromatic nitrogens is 4. The van der Waals surface area contributed by atoms with Crippen molar-refractivity contribution in [2.45, 2.75) is 44.4 Å². The molecule has 1 N–H and O–H groups in total. The molecule has 1 atom stereocenters. The number of hydrogen-bond acceptors (Lipinski definition) is 6. The van der Waals surface area contributed by atoms with Crippen molar-refractivity contribution in [3.8, 4) is 5.75 Å². The number of aromatic amines is 1. The molecule has 2 aliphatic rings. The van der Waals surface area contributed by atoms with E-state index in [9.17, 15) is 0 Å². The summed E-state index contributed by atoms with van der Waals surface area (Å²) in [5, 5.41) is 7.42. The molecule has 25 heavy (non-hydrogen) atoms. The molecule has 0 aromatic carbocycles. The molecule has 0 amide bonds. The molecule has 1 aliphatic heterocycles. The summed E-state index contributed by atoms with van der Waals surface area (Å²) in [4.78, 5) is 13.5. The maximum absolute atomic E-state index is 6.17. The maximum atomic E-state index is 6.17. The van der Waals surface area contributed by atoms with Gasteiger partial charge in [0.15, 0.2) is 5.82 Å². The number of H-pyrrole nitrogens is 1. The van der Waals surface area contributed by atoms with Gasteiger partial charge in [-0.1, -0.05) is 0 Å². The van der Waals surface area contributed by atoms with Gasteiger partial charge in [-0.3, -0.25) is 15.0 Å². The molecule has 2 fully saturated rings. The lowest BCUT2D eigenvalue weighted by atomic mass is 10.3. The molecule has 7 nitrogen and oxygen atoms in total. The smallest absolute Gasteiger partial charge is 0.153 e. The van der Waals surface area contributed by atoms with E-state index in [-0.39, 0.29) is 6.10 Å². The quantitative estimate of drug-likeness (QED) is 0.827. The van der Waals surface area contributed by atoms with Gasteiger partial charge in [0.25, 0.3) is 0 Å². The van der Waals surface area contributed by atoms with Gasteiger partial charge >= 0.3 is 0 Å². The van der Waals surface area contributed by atoms with Crippen LogP contribution in [0.3, 0.4) is 0 Å². The summed E-state index contributed by atoms with van der Waals surface area (Å²) in [6, 6.07) is 3.99. The van der Waals surface area contributed by atoms with E-state index < -0.39 is 0 Å². The summed E-state index contributed by atoms with van der Waals surface area (Å²) in [6.07, 6.45) is 5.56. The van der Waals surface area contributed by atoms with Gasteiger partial charge in [0.05, 0.1) is 12.2 Å². The van der Waals surface area contributed by atoms with Crippen LogP contribution in [-0.2, 0) is 13.1 Å². The fourth-order valence-electron chi connectivity index (χ4n) is 3.29. The average molecular weight is 342 g/mol. The van der Waals surface area contributed by atoms with Crippen LogP contribution in [0.2, 0.25) is 0 Å². The Morgan fingerprint density at radius 3 is 3.00 bits per heavy atom. The zero-order valence-corrected chi connectivity index (χ0v) is 15.0. The van der Waals surface area contributed by atoms with Crippen molar-refractivity contribution < 1.29 is 4.74 Å². The number of likely N-dealkylation sites (tertiary alicyclic amines) is 1. The largest absolute Gasteiger partial charge is 0.489 e. The number of hydrogen-bond donors (Lipinski definition) is 1. The van der Waals surface area contributed by atoms with Crippen LogP contribution in [0.15, 0.2) is 18.3 Å². The third kappa shape index (κ3) is 4.35. The van der Waals surface area contributed by atoms with Crippen LogP contribution in [0.5, 0.6) is 5.75 Å². The van der Waals surface area contributed by atoms with E-state index in [1.54, 1.807) is 0 Å². The minimum Gasteiger partial charge on any atom is -0.489 e. The molecule has 1 saturated heterocycles. The van der Waals surface area contributed by atoms with Gasteiger partial charge in [-0.2, -0.15) is 5.10 Å². The summed E-state index contributed by atoms with van der Waals surface area (Å²) < 4.78 is 6.17. The van der Waals surface area contributed by atoms with Crippen molar-refractivity contribution in [1.29, 1.82) is 0 Å². The summed E-state index contributed by atoms with van der Waals surface area (Å²) in [7, 11) is 4.09. The second kappa shape index (κ2) is 7.09. The van der Waals surface area contributed by atoms with Crippen molar-refractivity contribution in [2.75, 3.05) is 27.2 Å². The third-order valence-electron chi connectivity index (χ3n) is 4.66. The van der Waals surface area contributed by atoms with Gasteiger partial charge in [-0.05, 0) is 39.4 Å². The lowest BCUT2D eigenvalue weighted by Gasteiger charge is -2.16. The zero-order chi connectivity index (χ0) is 17.2. The Labute approximate surface area is 148 Å². The standard InChI is InChI=1S/C18H26N6O/c1-23(2)10-14-9-15(5-7-19-14)25-16-6-8-24(11-16)12-17-20-18(22-21-17)13-3-4-13/h5,7,9,13,16H,3-4,6,8,10-12H2,1-2H3,(H,20,21,22). The number of ether oxygens (including phenoxy) is 1. The highest BCUT2D eigenvalue weighted by molar-refractivity contribution is 5.23. The van der Waals surface area contributed by atoms with Crippen LogP contribution in [0.25, 0.3) is 0 Å². The Balaban J connectivity index is 1.29. The summed E-state index contributed by atoms with van der Waals surface area (Å²) in [5.74, 6) is 3.48. The van der Waals surface area contributed by atoms with E-state index in [1.807, 2.05) is 32.4 Å². The van der Waals surface area contributed by atoms with E-state index in [2.05, 4.69) is 30.0 Å². The van der Waals surface area contributed by atoms with E-state index in [0.29, 0.717) is 5.92 Å². The molecular weight excluding hydrogens is 316 g/mol. The molecule has 7 heteroatoms. The van der Waals surface area contributed by atoms with Crippen molar-refractivity contribution in [1.82, 2.24) is 30.0 Å². The van der Waals surface area contributed by atoms with Crippen LogP contribution in [0.4, 0.5) is 0 Å². The first-order chi connectivity index (χ1) is 12.2. The highest BCUT2D eigenvalue weighted by atomic mass is 16.5. The van der Waals surface area contributed by atoms with E-state index in [1.165, 1.54) is 12.8 Å². The van der Waals surface area contributed by atoms with Crippen molar-refractivity contribution in [2.24, 2.45) is 0 Å².